The number of unbranched alkanes of at least 4 members (excludes halogenated alkanes) is 3. The maximum atomic E-state index is 6.17. The molecule has 3 aliphatic rings. The van der Waals surface area contributed by atoms with Gasteiger partial charge in [-0.2, -0.15) is 0 Å². The molecule has 1 aliphatic carbocycles. The summed E-state index contributed by atoms with van der Waals surface area (Å²) in [6.07, 6.45) is 11.5. The summed E-state index contributed by atoms with van der Waals surface area (Å²) in [4.78, 5) is 4.94. The van der Waals surface area contributed by atoms with Crippen LogP contribution in [-0.2, 0) is 4.74 Å². The summed E-state index contributed by atoms with van der Waals surface area (Å²) in [5.74, 6) is 2.40. The number of hydrogen-bond donors (Lipinski definition) is 2. The van der Waals surface area contributed by atoms with E-state index in [4.69, 9.17) is 9.73 Å². The van der Waals surface area contributed by atoms with Crippen LogP contribution >= 0.6 is 0 Å². The SMILES string of the molecule is CCCCCCC(C)NC(=NCC12CCC(CC1)CO2)NCC(C)C. The number of nitrogens with one attached hydrogen (secondary N) is 2. The van der Waals surface area contributed by atoms with Gasteiger partial charge >= 0.3 is 0 Å². The average molecular weight is 352 g/mol. The molecule has 0 aromatic rings. The summed E-state index contributed by atoms with van der Waals surface area (Å²) < 4.78 is 6.17. The van der Waals surface area contributed by atoms with Crippen LogP contribution < -0.4 is 10.6 Å². The van der Waals surface area contributed by atoms with Crippen LogP contribution in [0.1, 0.15) is 85.5 Å². The molecule has 0 aromatic carbocycles. The Morgan fingerprint density at radius 1 is 1.16 bits per heavy atom. The number of rotatable bonds is 10. The number of hydrogen-bond acceptors (Lipinski definition) is 2. The molecule has 4 heteroatoms. The standard InChI is InChI=1S/C21H41N3O/c1-5-6-7-8-9-18(4)24-20(22-14-17(2)3)23-16-21-12-10-19(11-13-21)15-25-21/h17-19H,5-16H2,1-4H3,(H2,22,23,24). The van der Waals surface area contributed by atoms with Gasteiger partial charge in [-0.1, -0.05) is 46.5 Å². The van der Waals surface area contributed by atoms with Crippen LogP contribution in [0.5, 0.6) is 0 Å². The van der Waals surface area contributed by atoms with E-state index in [0.717, 1.165) is 31.6 Å². The van der Waals surface area contributed by atoms with E-state index in [1.807, 2.05) is 0 Å². The van der Waals surface area contributed by atoms with E-state index in [2.05, 4.69) is 38.3 Å². The van der Waals surface area contributed by atoms with Crippen molar-refractivity contribution in [2.75, 3.05) is 19.7 Å². The first-order valence-electron chi connectivity index (χ1n) is 10.7. The van der Waals surface area contributed by atoms with Gasteiger partial charge in [0.25, 0.3) is 0 Å². The molecule has 2 aliphatic heterocycles. The molecule has 146 valence electrons. The Balaban J connectivity index is 1.85. The molecule has 3 rings (SSSR count). The smallest absolute Gasteiger partial charge is 0.191 e. The van der Waals surface area contributed by atoms with Gasteiger partial charge in [0.2, 0.25) is 0 Å². The first-order valence-corrected chi connectivity index (χ1v) is 10.7. The number of guanidine groups is 1. The fourth-order valence-corrected chi connectivity index (χ4v) is 3.87. The molecule has 0 aromatic heterocycles. The minimum Gasteiger partial charge on any atom is -0.373 e. The Kier molecular flexibility index (Phi) is 8.54. The second-order valence-electron chi connectivity index (χ2n) is 8.77. The van der Waals surface area contributed by atoms with Gasteiger partial charge in [-0.05, 0) is 50.9 Å². The van der Waals surface area contributed by atoms with E-state index in [-0.39, 0.29) is 5.60 Å². The quantitative estimate of drug-likeness (QED) is 0.346. The van der Waals surface area contributed by atoms with Gasteiger partial charge in [-0.15, -0.1) is 0 Å². The van der Waals surface area contributed by atoms with Crippen molar-refractivity contribution in [3.63, 3.8) is 0 Å². The van der Waals surface area contributed by atoms with Gasteiger partial charge < -0.3 is 15.4 Å². The van der Waals surface area contributed by atoms with Crippen molar-refractivity contribution < 1.29 is 4.74 Å². The lowest BCUT2D eigenvalue weighted by Crippen LogP contribution is -2.49. The normalized spacial score (nSPS) is 27.6. The summed E-state index contributed by atoms with van der Waals surface area (Å²) in [7, 11) is 0. The van der Waals surface area contributed by atoms with Crippen molar-refractivity contribution in [2.45, 2.75) is 97.1 Å². The number of ether oxygens (including phenoxy) is 1. The van der Waals surface area contributed by atoms with Crippen molar-refractivity contribution in [1.29, 1.82) is 0 Å². The lowest BCUT2D eigenvalue weighted by atomic mass is 9.76. The van der Waals surface area contributed by atoms with Crippen molar-refractivity contribution >= 4 is 5.96 Å². The fraction of sp³-hybridized carbons (Fsp3) is 0.952. The molecule has 0 radical (unpaired) electrons. The zero-order valence-electron chi connectivity index (χ0n) is 17.1. The molecule has 1 unspecified atom stereocenters. The van der Waals surface area contributed by atoms with Crippen LogP contribution in [0.3, 0.4) is 0 Å². The van der Waals surface area contributed by atoms with E-state index in [0.29, 0.717) is 12.0 Å². The van der Waals surface area contributed by atoms with Crippen molar-refractivity contribution in [3.8, 4) is 0 Å². The highest BCUT2D eigenvalue weighted by atomic mass is 16.5. The summed E-state index contributed by atoms with van der Waals surface area (Å²) in [6, 6.07) is 0.468. The highest BCUT2D eigenvalue weighted by Crippen LogP contribution is 2.41. The molecule has 0 spiro atoms. The topological polar surface area (TPSA) is 45.7 Å². The van der Waals surface area contributed by atoms with E-state index >= 15 is 0 Å². The Morgan fingerprint density at radius 3 is 2.52 bits per heavy atom. The number of aliphatic imine (C=N–C) groups is 1. The average Bonchev–Trinajstić information content (AvgIpc) is 2.62. The molecule has 1 saturated carbocycles. The predicted molar refractivity (Wildman–Crippen MR) is 107 cm³/mol. The third kappa shape index (κ3) is 7.16. The third-order valence-corrected chi connectivity index (χ3v) is 5.72. The molecule has 2 bridgehead atoms. The maximum absolute atomic E-state index is 6.17. The van der Waals surface area contributed by atoms with Crippen LogP contribution in [0.15, 0.2) is 4.99 Å². The molecule has 25 heavy (non-hydrogen) atoms. The zero-order chi connectivity index (χ0) is 18.1. The molecule has 3 fully saturated rings. The Hall–Kier alpha value is -0.770. The fourth-order valence-electron chi connectivity index (χ4n) is 3.87. The monoisotopic (exact) mass is 351 g/mol. The first-order chi connectivity index (χ1) is 12.0. The second kappa shape index (κ2) is 10.4. The van der Waals surface area contributed by atoms with Gasteiger partial charge in [0, 0.05) is 12.6 Å². The minimum atomic E-state index is 0.0194. The minimum absolute atomic E-state index is 0.0194. The third-order valence-electron chi connectivity index (χ3n) is 5.72. The Labute approximate surface area is 155 Å². The van der Waals surface area contributed by atoms with Gasteiger partial charge in [0.05, 0.1) is 18.8 Å². The highest BCUT2D eigenvalue weighted by molar-refractivity contribution is 5.80. The molecule has 2 N–H and O–H groups in total. The van der Waals surface area contributed by atoms with Gasteiger partial charge in [-0.25, -0.2) is 0 Å². The molecule has 2 saturated heterocycles. The summed E-state index contributed by atoms with van der Waals surface area (Å²) in [5, 5.41) is 7.15. The molecule has 0 amide bonds. The summed E-state index contributed by atoms with van der Waals surface area (Å²) in [6.45, 7) is 11.7. The molecule has 1 atom stereocenters. The van der Waals surface area contributed by atoms with E-state index in [1.165, 1.54) is 57.8 Å². The lowest BCUT2D eigenvalue weighted by molar-refractivity contribution is -0.137. The van der Waals surface area contributed by atoms with Crippen molar-refractivity contribution in [3.05, 3.63) is 0 Å². The molecule has 2 heterocycles. The molecule has 4 nitrogen and oxygen atoms in total. The second-order valence-corrected chi connectivity index (χ2v) is 8.77. The number of fused-ring (bicyclic) bond motifs is 3. The zero-order valence-corrected chi connectivity index (χ0v) is 17.1. The van der Waals surface area contributed by atoms with E-state index in [1.54, 1.807) is 0 Å². The van der Waals surface area contributed by atoms with Crippen LogP contribution in [0.4, 0.5) is 0 Å². The van der Waals surface area contributed by atoms with Crippen LogP contribution in [0.2, 0.25) is 0 Å². The van der Waals surface area contributed by atoms with Gasteiger partial charge in [-0.3, -0.25) is 4.99 Å². The van der Waals surface area contributed by atoms with Crippen LogP contribution in [0, 0.1) is 11.8 Å². The van der Waals surface area contributed by atoms with Gasteiger partial charge in [0.15, 0.2) is 5.96 Å². The van der Waals surface area contributed by atoms with Crippen LogP contribution in [-0.4, -0.2) is 37.3 Å². The Bertz CT molecular complexity index is 386. The summed E-state index contributed by atoms with van der Waals surface area (Å²) in [5.41, 5.74) is 0.0194. The first kappa shape index (κ1) is 20.5. The van der Waals surface area contributed by atoms with Crippen molar-refractivity contribution in [1.82, 2.24) is 10.6 Å². The summed E-state index contributed by atoms with van der Waals surface area (Å²) >= 11 is 0. The van der Waals surface area contributed by atoms with Crippen LogP contribution in [0.25, 0.3) is 0 Å². The lowest BCUT2D eigenvalue weighted by Gasteiger charge is -2.45. The highest BCUT2D eigenvalue weighted by Gasteiger charge is 2.41. The largest absolute Gasteiger partial charge is 0.373 e. The van der Waals surface area contributed by atoms with Gasteiger partial charge in [0.1, 0.15) is 0 Å². The predicted octanol–water partition coefficient (Wildman–Crippen LogP) is 4.50. The Morgan fingerprint density at radius 2 is 1.92 bits per heavy atom. The van der Waals surface area contributed by atoms with E-state index in [9.17, 15) is 0 Å². The molecular weight excluding hydrogens is 310 g/mol. The van der Waals surface area contributed by atoms with E-state index < -0.39 is 0 Å². The number of nitrogens with zero attached hydrogens (tertiary/aromatic N) is 1. The molecular formula is C21H41N3O. The maximum Gasteiger partial charge on any atom is 0.191 e. The van der Waals surface area contributed by atoms with Crippen molar-refractivity contribution in [2.24, 2.45) is 16.8 Å².